The average Bonchev–Trinajstić information content (AvgIpc) is 3.38. The van der Waals surface area contributed by atoms with Crippen LogP contribution in [0, 0.1) is 23.7 Å². The van der Waals surface area contributed by atoms with E-state index in [-0.39, 0.29) is 18.0 Å². The average molecular weight is 943 g/mol. The molecule has 0 saturated heterocycles. The normalized spacial score (nSPS) is 13.0. The highest BCUT2D eigenvalue weighted by atomic mass is 16.5. The highest BCUT2D eigenvalue weighted by Crippen LogP contribution is 2.28. The van der Waals surface area contributed by atoms with Crippen molar-refractivity contribution < 1.29 is 28.7 Å². The summed E-state index contributed by atoms with van der Waals surface area (Å²) >= 11 is 0. The summed E-state index contributed by atoms with van der Waals surface area (Å²) in [6.45, 7) is 22.2. The molecule has 0 aliphatic rings. The Hall–Kier alpha value is -5.24. The molecular formula is C61H86N2O6. The molecule has 0 amide bonds. The van der Waals surface area contributed by atoms with E-state index in [9.17, 15) is 19.2 Å². The van der Waals surface area contributed by atoms with Gasteiger partial charge < -0.3 is 19.3 Å². The van der Waals surface area contributed by atoms with Crippen molar-refractivity contribution in [2.24, 2.45) is 23.7 Å². The van der Waals surface area contributed by atoms with Crippen molar-refractivity contribution in [2.75, 3.05) is 36.0 Å². The van der Waals surface area contributed by atoms with Crippen LogP contribution in [0.15, 0.2) is 97.1 Å². The lowest BCUT2D eigenvalue weighted by Crippen LogP contribution is -2.34. The third kappa shape index (κ3) is 18.9. The summed E-state index contributed by atoms with van der Waals surface area (Å²) < 4.78 is 11.4. The summed E-state index contributed by atoms with van der Waals surface area (Å²) in [5.41, 5.74) is 3.84. The van der Waals surface area contributed by atoms with Gasteiger partial charge in [0.1, 0.15) is 11.5 Å². The van der Waals surface area contributed by atoms with Gasteiger partial charge in [-0.05, 0) is 146 Å². The molecule has 0 saturated carbocycles. The first-order valence-corrected chi connectivity index (χ1v) is 26.9. The molecule has 4 aromatic rings. The van der Waals surface area contributed by atoms with Gasteiger partial charge in [-0.15, -0.1) is 0 Å². The van der Waals surface area contributed by atoms with Crippen LogP contribution in [0.5, 0.6) is 11.5 Å². The molecule has 4 rings (SSSR count). The Labute approximate surface area is 416 Å². The first-order valence-electron chi connectivity index (χ1n) is 26.9. The number of nitrogens with zero attached hydrogens (tertiary/aromatic N) is 2. The van der Waals surface area contributed by atoms with Crippen molar-refractivity contribution in [3.63, 3.8) is 0 Å². The zero-order valence-corrected chi connectivity index (χ0v) is 43.7. The van der Waals surface area contributed by atoms with Gasteiger partial charge in [0, 0.05) is 48.7 Å². The number of ketones is 2. The topological polar surface area (TPSA) is 93.2 Å². The Morgan fingerprint density at radius 3 is 0.884 bits per heavy atom. The zero-order chi connectivity index (χ0) is 50.0. The fraction of sp³-hybridized carbons (Fsp3) is 0.541. The van der Waals surface area contributed by atoms with Crippen LogP contribution in [0.3, 0.4) is 0 Å². The molecule has 4 atom stereocenters. The number of hydrogen-bond donors (Lipinski definition) is 0. The van der Waals surface area contributed by atoms with Gasteiger partial charge in [0.2, 0.25) is 0 Å². The second-order valence-electron chi connectivity index (χ2n) is 19.4. The molecule has 4 unspecified atom stereocenters. The van der Waals surface area contributed by atoms with Crippen LogP contribution in [0.4, 0.5) is 11.4 Å². The third-order valence-corrected chi connectivity index (χ3v) is 14.1. The minimum atomic E-state index is -0.475. The van der Waals surface area contributed by atoms with E-state index in [1.54, 1.807) is 48.5 Å². The van der Waals surface area contributed by atoms with Crippen molar-refractivity contribution >= 4 is 34.9 Å². The van der Waals surface area contributed by atoms with Crippen LogP contribution in [-0.2, 0) is 0 Å². The number of rotatable bonds is 34. The highest BCUT2D eigenvalue weighted by molar-refractivity contribution is 6.13. The van der Waals surface area contributed by atoms with Gasteiger partial charge in [-0.2, -0.15) is 0 Å². The first kappa shape index (κ1) is 56.3. The maximum Gasteiger partial charge on any atom is 0.343 e. The van der Waals surface area contributed by atoms with Gasteiger partial charge in [-0.3, -0.25) is 9.59 Å². The van der Waals surface area contributed by atoms with Crippen LogP contribution in [0.1, 0.15) is 206 Å². The van der Waals surface area contributed by atoms with E-state index >= 15 is 0 Å². The van der Waals surface area contributed by atoms with Crippen LogP contribution in [0.2, 0.25) is 0 Å². The Kier molecular flexibility index (Phi) is 25.4. The van der Waals surface area contributed by atoms with Crippen molar-refractivity contribution in [1.82, 2.24) is 0 Å². The number of carbonyl (C=O) groups excluding carboxylic acids is 4. The van der Waals surface area contributed by atoms with Crippen LogP contribution >= 0.6 is 0 Å². The van der Waals surface area contributed by atoms with Crippen LogP contribution < -0.4 is 19.3 Å². The van der Waals surface area contributed by atoms with E-state index in [1.807, 2.05) is 48.5 Å². The molecule has 0 aliphatic carbocycles. The molecule has 0 N–H and O–H groups in total. The number of ether oxygens (including phenoxy) is 2. The predicted octanol–water partition coefficient (Wildman–Crippen LogP) is 16.1. The van der Waals surface area contributed by atoms with E-state index in [0.717, 1.165) is 63.2 Å². The van der Waals surface area contributed by atoms with Gasteiger partial charge in [0.15, 0.2) is 11.6 Å². The number of unbranched alkanes of at least 4 members (excludes halogenated alkanes) is 4. The van der Waals surface area contributed by atoms with E-state index in [2.05, 4.69) is 65.2 Å². The zero-order valence-electron chi connectivity index (χ0n) is 43.7. The van der Waals surface area contributed by atoms with Crippen molar-refractivity contribution in [3.8, 4) is 11.5 Å². The molecule has 0 aromatic heterocycles. The molecule has 8 heteroatoms. The SMILES string of the molecule is CCCCC(CC)CN(CC(CC)CCCC)c1ccc(C(=O)Oc2ccc(C(=O)CC(=O)c3ccc(OC(=O)c4ccc(N(CC(CC)CCCC)CC(CC)CCCC)cc4)cc3)cc2)cc1. The number of esters is 2. The third-order valence-electron chi connectivity index (χ3n) is 14.1. The molecule has 8 nitrogen and oxygen atoms in total. The molecule has 0 radical (unpaired) electrons. The Morgan fingerprint density at radius 1 is 0.377 bits per heavy atom. The molecule has 376 valence electrons. The Bertz CT molecular complexity index is 1910. The molecule has 0 fully saturated rings. The number of Topliss-reactive ketones (excluding diaryl/α,β-unsaturated/α-hetero) is 2. The number of anilines is 2. The standard InChI is InChI=1S/C61H86N2O6/c1-9-17-21-46(13-5)42-62(43-47(14-6)22-18-10-2)54-33-25-52(26-34-54)60(66)68-56-37-29-50(30-38-56)58(64)41-59(65)51-31-39-57(40-32-51)69-61(67)53-27-35-55(36-28-53)63(44-48(15-7)23-19-11-3)45-49(16-8)24-20-12-4/h25-40,46-49H,9-24,41-45H2,1-8H3. The summed E-state index contributed by atoms with van der Waals surface area (Å²) in [5, 5.41) is 0. The van der Waals surface area contributed by atoms with Gasteiger partial charge in [-0.25, -0.2) is 9.59 Å². The number of carbonyl (C=O) groups is 4. The van der Waals surface area contributed by atoms with Gasteiger partial charge in [-0.1, -0.05) is 132 Å². The van der Waals surface area contributed by atoms with Crippen LogP contribution in [0.25, 0.3) is 0 Å². The maximum absolute atomic E-state index is 13.2. The fourth-order valence-corrected chi connectivity index (χ4v) is 9.20. The second-order valence-corrected chi connectivity index (χ2v) is 19.4. The molecule has 0 heterocycles. The minimum absolute atomic E-state index is 0.311. The highest BCUT2D eigenvalue weighted by Gasteiger charge is 2.21. The monoisotopic (exact) mass is 943 g/mol. The largest absolute Gasteiger partial charge is 0.423 e. The molecule has 69 heavy (non-hydrogen) atoms. The van der Waals surface area contributed by atoms with E-state index in [1.165, 1.54) is 77.0 Å². The summed E-state index contributed by atoms with van der Waals surface area (Å²) in [5.74, 6) is 1.47. The van der Waals surface area contributed by atoms with Crippen LogP contribution in [-0.4, -0.2) is 49.7 Å². The van der Waals surface area contributed by atoms with Gasteiger partial charge >= 0.3 is 11.9 Å². The Morgan fingerprint density at radius 2 is 0.638 bits per heavy atom. The van der Waals surface area contributed by atoms with Gasteiger partial charge in [0.05, 0.1) is 17.5 Å². The lowest BCUT2D eigenvalue weighted by Gasteiger charge is -2.32. The lowest BCUT2D eigenvalue weighted by atomic mass is 9.95. The molecular weight excluding hydrogens is 857 g/mol. The quantitative estimate of drug-likeness (QED) is 0.0198. The van der Waals surface area contributed by atoms with Gasteiger partial charge in [0.25, 0.3) is 0 Å². The van der Waals surface area contributed by atoms with Crippen molar-refractivity contribution in [2.45, 2.75) is 165 Å². The minimum Gasteiger partial charge on any atom is -0.423 e. The van der Waals surface area contributed by atoms with Crippen molar-refractivity contribution in [1.29, 1.82) is 0 Å². The summed E-state index contributed by atoms with van der Waals surface area (Å²) in [6, 6.07) is 28.1. The molecule has 0 bridgehead atoms. The van der Waals surface area contributed by atoms with E-state index in [4.69, 9.17) is 9.47 Å². The fourth-order valence-electron chi connectivity index (χ4n) is 9.20. The summed E-state index contributed by atoms with van der Waals surface area (Å²) in [7, 11) is 0. The molecule has 0 spiro atoms. The van der Waals surface area contributed by atoms with Crippen molar-refractivity contribution in [3.05, 3.63) is 119 Å². The summed E-state index contributed by atoms with van der Waals surface area (Å²) in [6.07, 6.45) is 18.9. The molecule has 4 aromatic carbocycles. The Balaban J connectivity index is 1.32. The lowest BCUT2D eigenvalue weighted by molar-refractivity contribution is 0.0725. The second kappa shape index (κ2) is 31.1. The van der Waals surface area contributed by atoms with E-state index < -0.39 is 11.9 Å². The molecule has 0 aliphatic heterocycles. The summed E-state index contributed by atoms with van der Waals surface area (Å²) in [4.78, 5) is 57.9. The number of benzene rings is 4. The smallest absolute Gasteiger partial charge is 0.343 e. The maximum atomic E-state index is 13.2. The first-order chi connectivity index (χ1) is 33.5. The van der Waals surface area contributed by atoms with E-state index in [0.29, 0.717) is 57.4 Å². The number of hydrogen-bond acceptors (Lipinski definition) is 8. The predicted molar refractivity (Wildman–Crippen MR) is 287 cm³/mol.